The summed E-state index contributed by atoms with van der Waals surface area (Å²) >= 11 is 5.68. The van der Waals surface area contributed by atoms with E-state index in [1.54, 1.807) is 11.3 Å². The zero-order valence-electron chi connectivity index (χ0n) is 5.72. The largest absolute Gasteiger partial charge is 0.166 e. The molecule has 0 aliphatic rings. The van der Waals surface area contributed by atoms with E-state index in [9.17, 15) is 0 Å². The average Bonchev–Trinajstić information content (AvgIpc) is 2.31. The van der Waals surface area contributed by atoms with Crippen LogP contribution in [-0.2, 0) is 0 Å². The van der Waals surface area contributed by atoms with Crippen molar-refractivity contribution in [2.24, 2.45) is 0 Å². The topological polar surface area (TPSA) is 0 Å². The van der Waals surface area contributed by atoms with Crippen LogP contribution in [-0.4, -0.2) is 5.75 Å². The number of rotatable bonds is 0. The summed E-state index contributed by atoms with van der Waals surface area (Å²) in [5, 5.41) is 2.05. The van der Waals surface area contributed by atoms with Crippen LogP contribution in [0, 0.1) is 18.8 Å². The van der Waals surface area contributed by atoms with E-state index >= 15 is 0 Å². The second kappa shape index (κ2) is 3.70. The van der Waals surface area contributed by atoms with Crippen molar-refractivity contribution in [2.45, 2.75) is 6.92 Å². The second-order valence-electron chi connectivity index (χ2n) is 1.89. The van der Waals surface area contributed by atoms with Crippen LogP contribution >= 0.6 is 24.0 Å². The van der Waals surface area contributed by atoms with E-state index in [0.717, 1.165) is 4.88 Å². The fraction of sp³-hybridized carbons (Fsp3) is 0.250. The number of hydrogen-bond donors (Lipinski definition) is 1. The molecule has 0 aliphatic carbocycles. The predicted octanol–water partition coefficient (Wildman–Crippen LogP) is 2.34. The summed E-state index contributed by atoms with van der Waals surface area (Å²) in [7, 11) is 0. The number of thiophene rings is 1. The Morgan fingerprint density at radius 3 is 3.00 bits per heavy atom. The molecule has 0 atom stereocenters. The molecule has 1 aromatic heterocycles. The minimum Gasteiger partial charge on any atom is -0.166 e. The smallest absolute Gasteiger partial charge is 0.0797 e. The van der Waals surface area contributed by atoms with E-state index in [-0.39, 0.29) is 0 Å². The first-order valence-electron chi connectivity index (χ1n) is 2.98. The molecule has 0 radical (unpaired) electrons. The highest BCUT2D eigenvalue weighted by Crippen LogP contribution is 2.13. The lowest BCUT2D eigenvalue weighted by Crippen LogP contribution is -1.69. The number of thiol groups is 1. The predicted molar refractivity (Wildman–Crippen MR) is 49.8 cm³/mol. The average molecular weight is 168 g/mol. The Bertz CT molecular complexity index is 262. The van der Waals surface area contributed by atoms with Gasteiger partial charge in [-0.2, -0.15) is 12.6 Å². The summed E-state index contributed by atoms with van der Waals surface area (Å²) in [6.45, 7) is 2.07. The lowest BCUT2D eigenvalue weighted by molar-refractivity contribution is 1.53. The molecule has 0 unspecified atom stereocenters. The van der Waals surface area contributed by atoms with Gasteiger partial charge in [0.2, 0.25) is 0 Å². The molecule has 0 saturated carbocycles. The van der Waals surface area contributed by atoms with Gasteiger partial charge in [0.15, 0.2) is 0 Å². The molecule has 1 rings (SSSR count). The molecule has 2 heteroatoms. The zero-order chi connectivity index (χ0) is 7.40. The van der Waals surface area contributed by atoms with Gasteiger partial charge in [-0.05, 0) is 23.9 Å². The highest BCUT2D eigenvalue weighted by atomic mass is 32.1. The van der Waals surface area contributed by atoms with Gasteiger partial charge in [0.25, 0.3) is 0 Å². The highest BCUT2D eigenvalue weighted by molar-refractivity contribution is 7.80. The molecular formula is C8H8S2. The van der Waals surface area contributed by atoms with Gasteiger partial charge in [0.1, 0.15) is 0 Å². The van der Waals surface area contributed by atoms with Crippen LogP contribution in [0.1, 0.15) is 10.4 Å². The van der Waals surface area contributed by atoms with Gasteiger partial charge in [-0.1, -0.05) is 11.8 Å². The van der Waals surface area contributed by atoms with Gasteiger partial charge in [0.05, 0.1) is 10.6 Å². The van der Waals surface area contributed by atoms with E-state index in [1.165, 1.54) is 5.56 Å². The minimum absolute atomic E-state index is 0.636. The molecular weight excluding hydrogens is 160 g/mol. The Morgan fingerprint density at radius 1 is 1.70 bits per heavy atom. The van der Waals surface area contributed by atoms with Gasteiger partial charge >= 0.3 is 0 Å². The first kappa shape index (κ1) is 7.71. The summed E-state index contributed by atoms with van der Waals surface area (Å²) in [5.41, 5.74) is 1.26. The van der Waals surface area contributed by atoms with Crippen LogP contribution in [0.2, 0.25) is 0 Å². The third-order valence-electron chi connectivity index (χ3n) is 1.14. The summed E-state index contributed by atoms with van der Waals surface area (Å²) in [5.74, 6) is 6.59. The number of aryl methyl sites for hydroxylation is 1. The maximum atomic E-state index is 4.00. The van der Waals surface area contributed by atoms with Crippen LogP contribution in [0.5, 0.6) is 0 Å². The van der Waals surface area contributed by atoms with Crippen molar-refractivity contribution in [3.63, 3.8) is 0 Å². The Balaban J connectivity index is 2.84. The standard InChI is InChI=1S/C8H8S2/c1-7-4-6-10-8(7)3-2-5-9/h4,6,9H,5H2,1H3. The van der Waals surface area contributed by atoms with Crippen LogP contribution in [0.4, 0.5) is 0 Å². The summed E-state index contributed by atoms with van der Waals surface area (Å²) in [6.07, 6.45) is 0. The van der Waals surface area contributed by atoms with E-state index in [0.29, 0.717) is 5.75 Å². The summed E-state index contributed by atoms with van der Waals surface area (Å²) < 4.78 is 0. The first-order valence-corrected chi connectivity index (χ1v) is 4.49. The Morgan fingerprint density at radius 2 is 2.50 bits per heavy atom. The minimum atomic E-state index is 0.636. The van der Waals surface area contributed by atoms with Crippen LogP contribution in [0.25, 0.3) is 0 Å². The van der Waals surface area contributed by atoms with Crippen molar-refractivity contribution in [3.8, 4) is 11.8 Å². The molecule has 0 spiro atoms. The molecule has 1 aromatic rings. The third kappa shape index (κ3) is 1.80. The normalized spacial score (nSPS) is 8.60. The molecule has 52 valence electrons. The van der Waals surface area contributed by atoms with Crippen molar-refractivity contribution in [2.75, 3.05) is 5.75 Å². The fourth-order valence-corrected chi connectivity index (χ4v) is 1.49. The first-order chi connectivity index (χ1) is 4.84. The maximum Gasteiger partial charge on any atom is 0.0797 e. The molecule has 0 bridgehead atoms. The van der Waals surface area contributed by atoms with E-state index in [2.05, 4.69) is 42.8 Å². The highest BCUT2D eigenvalue weighted by Gasteiger charge is 1.91. The van der Waals surface area contributed by atoms with Crippen LogP contribution in [0.3, 0.4) is 0 Å². The SMILES string of the molecule is Cc1ccsc1C#CCS. The van der Waals surface area contributed by atoms with Crippen molar-refractivity contribution in [1.82, 2.24) is 0 Å². The lowest BCUT2D eigenvalue weighted by Gasteiger charge is -1.81. The quantitative estimate of drug-likeness (QED) is 0.446. The molecule has 0 aromatic carbocycles. The molecule has 0 amide bonds. The van der Waals surface area contributed by atoms with Crippen molar-refractivity contribution < 1.29 is 0 Å². The Hall–Kier alpha value is -0.390. The fourth-order valence-electron chi connectivity index (χ4n) is 0.621. The molecule has 0 saturated heterocycles. The van der Waals surface area contributed by atoms with E-state index in [4.69, 9.17) is 0 Å². The van der Waals surface area contributed by atoms with Gasteiger partial charge in [-0.25, -0.2) is 0 Å². The molecule has 0 nitrogen and oxygen atoms in total. The second-order valence-corrected chi connectivity index (χ2v) is 3.12. The Labute approximate surface area is 70.7 Å². The van der Waals surface area contributed by atoms with Crippen molar-refractivity contribution in [3.05, 3.63) is 21.9 Å². The third-order valence-corrected chi connectivity index (χ3v) is 2.23. The van der Waals surface area contributed by atoms with E-state index in [1.807, 2.05) is 0 Å². The van der Waals surface area contributed by atoms with Gasteiger partial charge < -0.3 is 0 Å². The van der Waals surface area contributed by atoms with Crippen molar-refractivity contribution in [1.29, 1.82) is 0 Å². The van der Waals surface area contributed by atoms with Crippen LogP contribution in [0.15, 0.2) is 11.4 Å². The molecule has 0 fully saturated rings. The summed E-state index contributed by atoms with van der Waals surface area (Å²) in [6, 6.07) is 2.08. The van der Waals surface area contributed by atoms with Crippen molar-refractivity contribution >= 4 is 24.0 Å². The van der Waals surface area contributed by atoms with E-state index < -0.39 is 0 Å². The molecule has 0 aliphatic heterocycles. The van der Waals surface area contributed by atoms with Crippen LogP contribution < -0.4 is 0 Å². The van der Waals surface area contributed by atoms with Gasteiger partial charge in [-0.15, -0.1) is 11.3 Å². The molecule has 10 heavy (non-hydrogen) atoms. The molecule has 0 N–H and O–H groups in total. The van der Waals surface area contributed by atoms with Gasteiger partial charge in [-0.3, -0.25) is 0 Å². The summed E-state index contributed by atoms with van der Waals surface area (Å²) in [4.78, 5) is 1.16. The lowest BCUT2D eigenvalue weighted by atomic mass is 10.3. The monoisotopic (exact) mass is 168 g/mol. The molecule has 1 heterocycles. The Kier molecular flexibility index (Phi) is 2.85. The van der Waals surface area contributed by atoms with Gasteiger partial charge in [0, 0.05) is 0 Å². The number of hydrogen-bond acceptors (Lipinski definition) is 2. The maximum absolute atomic E-state index is 4.00. The zero-order valence-corrected chi connectivity index (χ0v) is 7.43.